The Labute approximate surface area is 191 Å². The number of piperidine rings is 1. The predicted octanol–water partition coefficient (Wildman–Crippen LogP) is 5.74. The molecule has 1 saturated heterocycles. The van der Waals surface area contributed by atoms with Crippen LogP contribution in [0.15, 0.2) is 54.6 Å². The number of nitrogens with zero attached hydrogens (tertiary/aromatic N) is 2. The summed E-state index contributed by atoms with van der Waals surface area (Å²) in [6.45, 7) is 11.8. The van der Waals surface area contributed by atoms with Crippen molar-refractivity contribution in [3.63, 3.8) is 0 Å². The molecule has 1 aliphatic heterocycles. The number of likely N-dealkylation sites (tertiary alicyclic amines) is 1. The van der Waals surface area contributed by atoms with Gasteiger partial charge in [-0.25, -0.2) is 0 Å². The van der Waals surface area contributed by atoms with Crippen LogP contribution in [0.5, 0.6) is 0 Å². The fourth-order valence-corrected chi connectivity index (χ4v) is 5.25. The van der Waals surface area contributed by atoms with Crippen molar-refractivity contribution in [1.29, 1.82) is 0 Å². The number of rotatable bonds is 6. The third-order valence-electron chi connectivity index (χ3n) is 6.69. The fourth-order valence-electron chi connectivity index (χ4n) is 5.25. The molecular weight excluding hydrogens is 476 g/mol. The minimum atomic E-state index is 0. The molecule has 0 amide bonds. The summed E-state index contributed by atoms with van der Waals surface area (Å²) in [7, 11) is 0. The first-order valence-corrected chi connectivity index (χ1v) is 10.4. The molecule has 0 saturated carbocycles. The lowest BCUT2D eigenvalue weighted by Crippen LogP contribution is -2.43. The van der Waals surface area contributed by atoms with E-state index in [2.05, 4.69) is 78.2 Å². The van der Waals surface area contributed by atoms with Gasteiger partial charge in [0.1, 0.15) is 0 Å². The first-order chi connectivity index (χ1) is 12.8. The van der Waals surface area contributed by atoms with Crippen LogP contribution >= 0.6 is 34.0 Å². The van der Waals surface area contributed by atoms with E-state index in [-0.39, 0.29) is 34.0 Å². The number of hydrogen-bond donors (Lipinski definition) is 0. The maximum Gasteiger partial charge on any atom is 0.0138 e. The van der Waals surface area contributed by atoms with Crippen molar-refractivity contribution in [2.24, 2.45) is 5.92 Å². The van der Waals surface area contributed by atoms with Crippen molar-refractivity contribution < 1.29 is 0 Å². The molecule has 1 heterocycles. The topological polar surface area (TPSA) is 6.48 Å². The molecule has 2 aliphatic rings. The molecule has 1 unspecified atom stereocenters. The molecule has 28 heavy (non-hydrogen) atoms. The van der Waals surface area contributed by atoms with Gasteiger partial charge in [-0.1, -0.05) is 68.4 Å². The molecule has 4 rings (SSSR count). The van der Waals surface area contributed by atoms with Gasteiger partial charge in [0, 0.05) is 25.6 Å². The molecule has 0 spiro atoms. The molecule has 0 N–H and O–H groups in total. The van der Waals surface area contributed by atoms with E-state index in [9.17, 15) is 0 Å². The van der Waals surface area contributed by atoms with Gasteiger partial charge in [-0.3, -0.25) is 0 Å². The second-order valence-corrected chi connectivity index (χ2v) is 7.90. The van der Waals surface area contributed by atoms with Crippen LogP contribution in [0.2, 0.25) is 0 Å². The van der Waals surface area contributed by atoms with Crippen LogP contribution in [0.25, 0.3) is 0 Å². The Bertz CT molecular complexity index is 718. The highest BCUT2D eigenvalue weighted by atomic mass is 79.9. The average molecular weight is 510 g/mol. The van der Waals surface area contributed by atoms with E-state index >= 15 is 0 Å². The van der Waals surface area contributed by atoms with Gasteiger partial charge in [-0.05, 0) is 54.6 Å². The van der Waals surface area contributed by atoms with Gasteiger partial charge in [-0.15, -0.1) is 34.0 Å². The molecule has 0 radical (unpaired) electrons. The highest BCUT2D eigenvalue weighted by Gasteiger charge is 2.43. The van der Waals surface area contributed by atoms with E-state index < -0.39 is 0 Å². The van der Waals surface area contributed by atoms with Gasteiger partial charge in [0.25, 0.3) is 0 Å². The van der Waals surface area contributed by atoms with Crippen molar-refractivity contribution >= 4 is 34.0 Å². The van der Waals surface area contributed by atoms with Crippen molar-refractivity contribution in [3.8, 4) is 0 Å². The van der Waals surface area contributed by atoms with Gasteiger partial charge >= 0.3 is 0 Å². The van der Waals surface area contributed by atoms with Gasteiger partial charge in [0.05, 0.1) is 0 Å². The second kappa shape index (κ2) is 10.9. The smallest absolute Gasteiger partial charge is 0.0138 e. The second-order valence-electron chi connectivity index (χ2n) is 7.90. The highest BCUT2D eigenvalue weighted by Crippen LogP contribution is 2.52. The molecule has 154 valence electrons. The summed E-state index contributed by atoms with van der Waals surface area (Å²) in [6, 6.07) is 20.4. The standard InChI is InChI=1S/C24H32N2.2BrH/c1-3-25(4-2)16-17-26-15-14-21-20-12-8-9-13-22(20)24(23(21)18-26)19-10-6-5-7-11-19;;/h5-13,21,23-24H,3-4,14-18H2,1-2H3;2*1H/t21-,23-,24?;;/m0../s1. The van der Waals surface area contributed by atoms with Crippen LogP contribution in [-0.4, -0.2) is 49.1 Å². The Morgan fingerprint density at radius 3 is 2.21 bits per heavy atom. The first kappa shape index (κ1) is 23.6. The minimum Gasteiger partial charge on any atom is -0.303 e. The lowest BCUT2D eigenvalue weighted by Gasteiger charge is -2.38. The largest absolute Gasteiger partial charge is 0.303 e. The van der Waals surface area contributed by atoms with Crippen LogP contribution in [0, 0.1) is 5.92 Å². The quantitative estimate of drug-likeness (QED) is 0.490. The third-order valence-corrected chi connectivity index (χ3v) is 6.69. The van der Waals surface area contributed by atoms with Crippen molar-refractivity contribution in [1.82, 2.24) is 9.80 Å². The molecule has 4 heteroatoms. The molecule has 3 atom stereocenters. The van der Waals surface area contributed by atoms with E-state index in [1.165, 1.54) is 38.2 Å². The van der Waals surface area contributed by atoms with E-state index in [0.29, 0.717) is 5.92 Å². The number of benzene rings is 2. The number of hydrogen-bond acceptors (Lipinski definition) is 2. The van der Waals surface area contributed by atoms with Gasteiger partial charge < -0.3 is 9.80 Å². The van der Waals surface area contributed by atoms with Gasteiger partial charge in [0.2, 0.25) is 0 Å². The van der Waals surface area contributed by atoms with Crippen molar-refractivity contribution in [2.75, 3.05) is 39.3 Å². The Hall–Kier alpha value is -0.680. The van der Waals surface area contributed by atoms with Crippen LogP contribution in [0.4, 0.5) is 0 Å². The first-order valence-electron chi connectivity index (χ1n) is 10.4. The average Bonchev–Trinajstić information content (AvgIpc) is 3.03. The Morgan fingerprint density at radius 2 is 1.54 bits per heavy atom. The summed E-state index contributed by atoms with van der Waals surface area (Å²) in [5.41, 5.74) is 4.70. The molecule has 2 aromatic rings. The SMILES string of the molecule is Br.Br.CCN(CC)CCN1CC[C@H]2c3ccccc3C(c3ccccc3)[C@H]2C1. The summed E-state index contributed by atoms with van der Waals surface area (Å²) in [5.74, 6) is 2.02. The molecule has 1 fully saturated rings. The molecule has 0 bridgehead atoms. The zero-order valence-corrected chi connectivity index (χ0v) is 20.5. The van der Waals surface area contributed by atoms with E-state index in [4.69, 9.17) is 0 Å². The summed E-state index contributed by atoms with van der Waals surface area (Å²) in [5, 5.41) is 0. The van der Waals surface area contributed by atoms with Gasteiger partial charge in [-0.2, -0.15) is 0 Å². The van der Waals surface area contributed by atoms with Crippen molar-refractivity contribution in [3.05, 3.63) is 71.3 Å². The van der Waals surface area contributed by atoms with E-state index in [1.807, 2.05) is 0 Å². The lowest BCUT2D eigenvalue weighted by atomic mass is 9.79. The summed E-state index contributed by atoms with van der Waals surface area (Å²) < 4.78 is 0. The highest BCUT2D eigenvalue weighted by molar-refractivity contribution is 8.93. The number of halogens is 2. The molecule has 1 aliphatic carbocycles. The normalized spacial score (nSPS) is 23.5. The maximum absolute atomic E-state index is 2.72. The Kier molecular flexibility index (Phi) is 9.20. The molecule has 2 aromatic carbocycles. The van der Waals surface area contributed by atoms with Gasteiger partial charge in [0.15, 0.2) is 0 Å². The molecule has 2 nitrogen and oxygen atoms in total. The zero-order valence-electron chi connectivity index (χ0n) is 17.1. The summed E-state index contributed by atoms with van der Waals surface area (Å²) in [4.78, 5) is 5.27. The summed E-state index contributed by atoms with van der Waals surface area (Å²) >= 11 is 0. The number of fused-ring (bicyclic) bond motifs is 3. The lowest BCUT2D eigenvalue weighted by molar-refractivity contribution is 0.136. The van der Waals surface area contributed by atoms with Crippen LogP contribution in [0.3, 0.4) is 0 Å². The third kappa shape index (κ3) is 4.72. The Morgan fingerprint density at radius 1 is 0.893 bits per heavy atom. The van der Waals surface area contributed by atoms with E-state index in [0.717, 1.165) is 24.9 Å². The number of likely N-dealkylation sites (N-methyl/N-ethyl adjacent to an activating group) is 1. The zero-order chi connectivity index (χ0) is 17.9. The summed E-state index contributed by atoms with van der Waals surface area (Å²) in [6.07, 6.45) is 1.31. The Balaban J connectivity index is 0.00000140. The van der Waals surface area contributed by atoms with Crippen LogP contribution < -0.4 is 0 Å². The van der Waals surface area contributed by atoms with Crippen LogP contribution in [0.1, 0.15) is 48.8 Å². The van der Waals surface area contributed by atoms with E-state index in [1.54, 1.807) is 11.1 Å². The molecule has 0 aromatic heterocycles. The molecular formula is C24H34Br2N2. The fraction of sp³-hybridized carbons (Fsp3) is 0.500. The monoisotopic (exact) mass is 508 g/mol. The minimum absolute atomic E-state index is 0. The maximum atomic E-state index is 2.72. The van der Waals surface area contributed by atoms with Crippen LogP contribution in [-0.2, 0) is 0 Å². The predicted molar refractivity (Wildman–Crippen MR) is 130 cm³/mol. The van der Waals surface area contributed by atoms with Crippen molar-refractivity contribution in [2.45, 2.75) is 32.1 Å².